The molecule has 4 rings (SSSR count). The van der Waals surface area contributed by atoms with Gasteiger partial charge in [0.2, 0.25) is 0 Å². The Balaban J connectivity index is 1.75. The fraction of sp³-hybridized carbons (Fsp3) is 0. The van der Waals surface area contributed by atoms with Gasteiger partial charge in [-0.25, -0.2) is 0 Å². The predicted octanol–water partition coefficient (Wildman–Crippen LogP) is 4.95. The molecule has 0 radical (unpaired) electrons. The van der Waals surface area contributed by atoms with Crippen LogP contribution in [0.3, 0.4) is 0 Å². The molecule has 0 saturated heterocycles. The summed E-state index contributed by atoms with van der Waals surface area (Å²) in [5, 5.41) is 17.0. The van der Waals surface area contributed by atoms with Gasteiger partial charge in [-0.15, -0.1) is 0 Å². The molecule has 3 nitrogen and oxygen atoms in total. The van der Waals surface area contributed by atoms with Gasteiger partial charge < -0.3 is 10.4 Å². The first kappa shape index (κ1) is 14.3. The van der Waals surface area contributed by atoms with E-state index < -0.39 is 0 Å². The van der Waals surface area contributed by atoms with Gasteiger partial charge in [-0.1, -0.05) is 60.7 Å². The largest absolute Gasteiger partial charge is 0.507 e. The fourth-order valence-electron chi connectivity index (χ4n) is 2.93. The molecule has 0 unspecified atom stereocenters. The molecule has 0 spiro atoms. The fourth-order valence-corrected chi connectivity index (χ4v) is 2.93. The van der Waals surface area contributed by atoms with Gasteiger partial charge in [-0.3, -0.25) is 4.79 Å². The van der Waals surface area contributed by atoms with E-state index in [0.717, 1.165) is 27.2 Å². The number of benzene rings is 4. The number of aromatic hydroxyl groups is 1. The van der Waals surface area contributed by atoms with Crippen molar-refractivity contribution in [2.45, 2.75) is 0 Å². The second-order valence-electron chi connectivity index (χ2n) is 5.70. The van der Waals surface area contributed by atoms with E-state index in [0.29, 0.717) is 0 Å². The average molecular weight is 313 g/mol. The van der Waals surface area contributed by atoms with Crippen molar-refractivity contribution < 1.29 is 9.90 Å². The van der Waals surface area contributed by atoms with Crippen LogP contribution in [0.2, 0.25) is 0 Å². The van der Waals surface area contributed by atoms with Crippen LogP contribution in [0.1, 0.15) is 10.4 Å². The molecule has 4 aromatic rings. The minimum Gasteiger partial charge on any atom is -0.507 e. The van der Waals surface area contributed by atoms with E-state index in [1.165, 1.54) is 0 Å². The molecular weight excluding hydrogens is 298 g/mol. The monoisotopic (exact) mass is 313 g/mol. The summed E-state index contributed by atoms with van der Waals surface area (Å²) in [4.78, 5) is 12.7. The number of hydrogen-bond donors (Lipinski definition) is 2. The summed E-state index contributed by atoms with van der Waals surface area (Å²) in [6, 6.07) is 24.6. The van der Waals surface area contributed by atoms with Gasteiger partial charge in [0, 0.05) is 11.1 Å². The Labute approximate surface area is 139 Å². The Morgan fingerprint density at radius 2 is 1.38 bits per heavy atom. The van der Waals surface area contributed by atoms with Crippen LogP contribution in [-0.4, -0.2) is 11.0 Å². The molecule has 0 bridgehead atoms. The van der Waals surface area contributed by atoms with Crippen LogP contribution in [0, 0.1) is 0 Å². The normalized spacial score (nSPS) is 10.8. The van der Waals surface area contributed by atoms with E-state index in [1.807, 2.05) is 66.7 Å². The number of phenolic OH excluding ortho intramolecular Hbond substituents is 1. The predicted molar refractivity (Wildman–Crippen MR) is 97.5 cm³/mol. The average Bonchev–Trinajstić information content (AvgIpc) is 2.61. The van der Waals surface area contributed by atoms with Gasteiger partial charge >= 0.3 is 0 Å². The maximum atomic E-state index is 12.7. The molecule has 0 fully saturated rings. The summed E-state index contributed by atoms with van der Waals surface area (Å²) in [6.45, 7) is 0. The highest BCUT2D eigenvalue weighted by molar-refractivity contribution is 6.12. The number of carbonyl (C=O) groups is 1. The number of fused-ring (bicyclic) bond motifs is 2. The number of phenols is 1. The standard InChI is InChI=1S/C21H15NO2/c23-20-13-16-8-2-1-7-15(16)12-18(20)21(24)22-19-11-5-9-14-6-3-4-10-17(14)19/h1-13,23H,(H,22,24). The molecule has 0 aliphatic carbocycles. The van der Waals surface area contributed by atoms with Crippen molar-refractivity contribution in [3.05, 3.63) is 84.4 Å². The summed E-state index contributed by atoms with van der Waals surface area (Å²) in [6.07, 6.45) is 0. The number of rotatable bonds is 2. The maximum Gasteiger partial charge on any atom is 0.259 e. The Hall–Kier alpha value is -3.33. The highest BCUT2D eigenvalue weighted by Gasteiger charge is 2.13. The SMILES string of the molecule is O=C(Nc1cccc2ccccc12)c1cc2ccccc2cc1O. The second-order valence-corrected chi connectivity index (χ2v) is 5.70. The van der Waals surface area contributed by atoms with Crippen LogP contribution in [0.4, 0.5) is 5.69 Å². The van der Waals surface area contributed by atoms with Crippen LogP contribution in [0.5, 0.6) is 5.75 Å². The molecule has 0 saturated carbocycles. The number of anilines is 1. The van der Waals surface area contributed by atoms with Crippen LogP contribution >= 0.6 is 0 Å². The Kier molecular flexibility index (Phi) is 3.39. The van der Waals surface area contributed by atoms with Crippen molar-refractivity contribution in [2.75, 3.05) is 5.32 Å². The van der Waals surface area contributed by atoms with Crippen molar-refractivity contribution in [1.29, 1.82) is 0 Å². The third-order valence-electron chi connectivity index (χ3n) is 4.15. The van der Waals surface area contributed by atoms with Crippen molar-refractivity contribution in [1.82, 2.24) is 0 Å². The van der Waals surface area contributed by atoms with Crippen molar-refractivity contribution in [3.63, 3.8) is 0 Å². The van der Waals surface area contributed by atoms with E-state index >= 15 is 0 Å². The summed E-state index contributed by atoms with van der Waals surface area (Å²) < 4.78 is 0. The molecule has 0 aliphatic heterocycles. The molecule has 0 atom stereocenters. The molecule has 1 amide bonds. The van der Waals surface area contributed by atoms with Crippen molar-refractivity contribution in [3.8, 4) is 5.75 Å². The summed E-state index contributed by atoms with van der Waals surface area (Å²) in [7, 11) is 0. The van der Waals surface area contributed by atoms with Crippen molar-refractivity contribution in [2.24, 2.45) is 0 Å². The van der Waals surface area contributed by atoms with Gasteiger partial charge in [0.05, 0.1) is 5.56 Å². The molecular formula is C21H15NO2. The Morgan fingerprint density at radius 1 is 0.750 bits per heavy atom. The molecule has 0 aromatic heterocycles. The Bertz CT molecular complexity index is 1060. The smallest absolute Gasteiger partial charge is 0.259 e. The van der Waals surface area contributed by atoms with Gasteiger partial charge in [0.25, 0.3) is 5.91 Å². The molecule has 2 N–H and O–H groups in total. The first-order chi connectivity index (χ1) is 11.7. The molecule has 24 heavy (non-hydrogen) atoms. The van der Waals surface area contributed by atoms with Crippen LogP contribution in [0.25, 0.3) is 21.5 Å². The quantitative estimate of drug-likeness (QED) is 0.550. The maximum absolute atomic E-state index is 12.7. The highest BCUT2D eigenvalue weighted by atomic mass is 16.3. The van der Waals surface area contributed by atoms with Crippen LogP contribution in [0.15, 0.2) is 78.9 Å². The lowest BCUT2D eigenvalue weighted by Crippen LogP contribution is -2.12. The Morgan fingerprint density at radius 3 is 2.17 bits per heavy atom. The van der Waals surface area contributed by atoms with Gasteiger partial charge in [0.15, 0.2) is 0 Å². The first-order valence-corrected chi connectivity index (χ1v) is 7.73. The molecule has 0 aliphatic rings. The van der Waals surface area contributed by atoms with Crippen LogP contribution in [-0.2, 0) is 0 Å². The van der Waals surface area contributed by atoms with E-state index in [4.69, 9.17) is 0 Å². The minimum atomic E-state index is -0.324. The van der Waals surface area contributed by atoms with Gasteiger partial charge in [-0.2, -0.15) is 0 Å². The molecule has 4 aromatic carbocycles. The zero-order valence-corrected chi connectivity index (χ0v) is 12.9. The van der Waals surface area contributed by atoms with E-state index in [-0.39, 0.29) is 17.2 Å². The lowest BCUT2D eigenvalue weighted by atomic mass is 10.0. The van der Waals surface area contributed by atoms with E-state index in [9.17, 15) is 9.90 Å². The topological polar surface area (TPSA) is 49.3 Å². The minimum absolute atomic E-state index is 0.0218. The van der Waals surface area contributed by atoms with E-state index in [1.54, 1.807) is 12.1 Å². The van der Waals surface area contributed by atoms with E-state index in [2.05, 4.69) is 5.32 Å². The molecule has 3 heteroatoms. The summed E-state index contributed by atoms with van der Waals surface area (Å²) >= 11 is 0. The summed E-state index contributed by atoms with van der Waals surface area (Å²) in [5.41, 5.74) is 0.993. The van der Waals surface area contributed by atoms with Gasteiger partial charge in [0.1, 0.15) is 5.75 Å². The number of amides is 1. The number of nitrogens with one attached hydrogen (secondary N) is 1. The zero-order valence-electron chi connectivity index (χ0n) is 12.9. The van der Waals surface area contributed by atoms with Gasteiger partial charge in [-0.05, 0) is 34.4 Å². The van der Waals surface area contributed by atoms with Crippen LogP contribution < -0.4 is 5.32 Å². The zero-order chi connectivity index (χ0) is 16.5. The summed E-state index contributed by atoms with van der Waals surface area (Å²) in [5.74, 6) is -0.346. The third kappa shape index (κ3) is 2.46. The highest BCUT2D eigenvalue weighted by Crippen LogP contribution is 2.28. The second kappa shape index (κ2) is 5.70. The van der Waals surface area contributed by atoms with Crippen molar-refractivity contribution >= 4 is 33.1 Å². The lowest BCUT2D eigenvalue weighted by molar-refractivity contribution is 0.102. The lowest BCUT2D eigenvalue weighted by Gasteiger charge is -2.10. The molecule has 116 valence electrons. The molecule has 0 heterocycles. The first-order valence-electron chi connectivity index (χ1n) is 7.73. The number of carbonyl (C=O) groups excluding carboxylic acids is 1. The number of hydrogen-bond acceptors (Lipinski definition) is 2. The third-order valence-corrected chi connectivity index (χ3v) is 4.15.